The monoisotopic (exact) mass is 580 g/mol. The maximum atomic E-state index is 13.4. The van der Waals surface area contributed by atoms with Crippen LogP contribution in [0.1, 0.15) is 23.1 Å². The van der Waals surface area contributed by atoms with Crippen molar-refractivity contribution in [2.75, 3.05) is 13.2 Å². The number of aromatic hydroxyl groups is 3. The third-order valence-electron chi connectivity index (χ3n) is 7.61. The third kappa shape index (κ3) is 4.43. The summed E-state index contributed by atoms with van der Waals surface area (Å²) in [5.41, 5.74) is -5.34. The molecule has 2 saturated heterocycles. The van der Waals surface area contributed by atoms with Crippen LogP contribution in [0.15, 0.2) is 39.5 Å². The highest BCUT2D eigenvalue weighted by atomic mass is 16.7. The average molecular weight is 580 g/mol. The van der Waals surface area contributed by atoms with Gasteiger partial charge in [0.05, 0.1) is 31.0 Å². The van der Waals surface area contributed by atoms with Crippen molar-refractivity contribution in [1.29, 1.82) is 0 Å². The lowest BCUT2D eigenvalue weighted by Gasteiger charge is -2.41. The maximum Gasteiger partial charge on any atom is 0.197 e. The number of aliphatic hydroxyl groups is 8. The summed E-state index contributed by atoms with van der Waals surface area (Å²) in [6, 6.07) is 6.31. The average Bonchev–Trinajstić information content (AvgIpc) is 3.16. The molecule has 41 heavy (non-hydrogen) atoms. The van der Waals surface area contributed by atoms with Gasteiger partial charge < -0.3 is 70.1 Å². The molecule has 1 unspecified atom stereocenters. The van der Waals surface area contributed by atoms with Crippen molar-refractivity contribution in [2.24, 2.45) is 0 Å². The van der Waals surface area contributed by atoms with Crippen molar-refractivity contribution in [2.45, 2.75) is 54.6 Å². The van der Waals surface area contributed by atoms with Gasteiger partial charge in [-0.25, -0.2) is 0 Å². The van der Waals surface area contributed by atoms with Gasteiger partial charge in [0.25, 0.3) is 0 Å². The van der Waals surface area contributed by atoms with Crippen molar-refractivity contribution < 1.29 is 70.1 Å². The van der Waals surface area contributed by atoms with E-state index in [0.717, 1.165) is 6.07 Å². The molecule has 2 aliphatic heterocycles. The predicted octanol–water partition coefficient (Wildman–Crippen LogP) is -2.43. The number of hydrogen-bond donors (Lipinski definition) is 11. The second kappa shape index (κ2) is 10.5. The minimum atomic E-state index is -2.72. The Balaban J connectivity index is 1.87. The van der Waals surface area contributed by atoms with E-state index >= 15 is 0 Å². The van der Waals surface area contributed by atoms with E-state index in [1.807, 2.05) is 0 Å². The summed E-state index contributed by atoms with van der Waals surface area (Å²) in [4.78, 5) is 13.4. The summed E-state index contributed by atoms with van der Waals surface area (Å²) in [7, 11) is 0. The fourth-order valence-electron chi connectivity index (χ4n) is 5.42. The number of rotatable bonds is 5. The van der Waals surface area contributed by atoms with Gasteiger partial charge in [-0.3, -0.25) is 4.79 Å². The Kier molecular flexibility index (Phi) is 7.46. The smallest absolute Gasteiger partial charge is 0.197 e. The van der Waals surface area contributed by atoms with Crippen molar-refractivity contribution in [1.82, 2.24) is 0 Å². The highest BCUT2D eigenvalue weighted by Crippen LogP contribution is 2.53. The lowest BCUT2D eigenvalue weighted by atomic mass is 9.79. The van der Waals surface area contributed by atoms with E-state index in [2.05, 4.69) is 0 Å². The maximum absolute atomic E-state index is 13.4. The van der Waals surface area contributed by atoms with Crippen LogP contribution in [0.5, 0.6) is 17.2 Å². The van der Waals surface area contributed by atoms with Crippen LogP contribution in [0.2, 0.25) is 0 Å². The van der Waals surface area contributed by atoms with Gasteiger partial charge in [-0.1, -0.05) is 0 Å². The molecule has 0 saturated carbocycles. The Labute approximate surface area is 229 Å². The van der Waals surface area contributed by atoms with Crippen molar-refractivity contribution in [3.05, 3.63) is 51.7 Å². The van der Waals surface area contributed by atoms with Gasteiger partial charge in [-0.05, 0) is 24.3 Å². The van der Waals surface area contributed by atoms with Gasteiger partial charge in [0, 0.05) is 23.1 Å². The van der Waals surface area contributed by atoms with Crippen LogP contribution >= 0.6 is 0 Å². The highest BCUT2D eigenvalue weighted by Gasteiger charge is 2.58. The molecule has 0 bridgehead atoms. The van der Waals surface area contributed by atoms with Crippen LogP contribution in [0.25, 0.3) is 22.3 Å². The number of phenols is 3. The Morgan fingerprint density at radius 3 is 2.10 bits per heavy atom. The molecule has 2 fully saturated rings. The molecule has 0 spiro atoms. The first-order valence-electron chi connectivity index (χ1n) is 12.4. The zero-order valence-electron chi connectivity index (χ0n) is 21.0. The fraction of sp³-hybridized carbons (Fsp3) is 0.423. The van der Waals surface area contributed by atoms with Crippen LogP contribution in [0.4, 0.5) is 0 Å². The normalized spacial score (nSPS) is 33.9. The molecule has 15 nitrogen and oxygen atoms in total. The number of fused-ring (bicyclic) bond motifs is 1. The van der Waals surface area contributed by atoms with Gasteiger partial charge in [0.2, 0.25) is 0 Å². The first-order chi connectivity index (χ1) is 19.3. The van der Waals surface area contributed by atoms with Crippen molar-refractivity contribution >= 4 is 11.0 Å². The molecular formula is C26H28O15. The molecule has 15 heteroatoms. The van der Waals surface area contributed by atoms with Gasteiger partial charge >= 0.3 is 0 Å². The molecule has 1 aromatic heterocycles. The van der Waals surface area contributed by atoms with Crippen LogP contribution in [0.3, 0.4) is 0 Å². The largest absolute Gasteiger partial charge is 0.508 e. The van der Waals surface area contributed by atoms with E-state index in [1.54, 1.807) is 0 Å². The SMILES string of the molecule is O=c1cc(-c2ccc(O)cc2)oc2c([C@H]3[C@H](O)[C@@H](O)[C@H](O)O[C@@H]3CO)c(O)c(C3O[C@H](O)[C@@H](O)[C@]3(O)CO)c(O)c12. The molecule has 222 valence electrons. The standard InChI is InChI=1S/C26H28O15/c27-6-12-14(19(33)20(34)24(36)40-12)15-18(32)16(23-26(38,7-28)22(35)25(37)41-23)17(31)13-10(30)5-11(39-21(13)15)8-1-3-9(29)4-2-8/h1-5,12,14,19-20,22-25,27-29,31-38H,6-7H2/t12-,14+,19+,20-,22-,23?,24-,25+,26-/m1/s1. The number of phenolic OH excluding ortho intramolecular Hbond substituents is 3. The Morgan fingerprint density at radius 2 is 1.49 bits per heavy atom. The summed E-state index contributed by atoms with van der Waals surface area (Å²) in [6.45, 7) is -2.15. The summed E-state index contributed by atoms with van der Waals surface area (Å²) in [5, 5.41) is 114. The fourth-order valence-corrected chi connectivity index (χ4v) is 5.42. The molecule has 3 aromatic rings. The summed E-state index contributed by atoms with van der Waals surface area (Å²) >= 11 is 0. The third-order valence-corrected chi connectivity index (χ3v) is 7.61. The van der Waals surface area contributed by atoms with Gasteiger partial charge in [0.15, 0.2) is 18.0 Å². The molecule has 5 rings (SSSR count). The minimum Gasteiger partial charge on any atom is -0.508 e. The zero-order chi connectivity index (χ0) is 30.0. The van der Waals surface area contributed by atoms with E-state index in [-0.39, 0.29) is 17.1 Å². The van der Waals surface area contributed by atoms with Crippen LogP contribution in [-0.2, 0) is 9.47 Å². The second-order valence-corrected chi connectivity index (χ2v) is 10.0. The van der Waals surface area contributed by atoms with Gasteiger partial charge in [0.1, 0.15) is 57.9 Å². The number of benzene rings is 2. The predicted molar refractivity (Wildman–Crippen MR) is 134 cm³/mol. The summed E-state index contributed by atoms with van der Waals surface area (Å²) in [6.07, 6.45) is -13.8. The molecule has 2 aromatic carbocycles. The molecule has 9 atom stereocenters. The molecule has 0 aliphatic carbocycles. The second-order valence-electron chi connectivity index (χ2n) is 10.0. The molecule has 0 amide bonds. The summed E-state index contributed by atoms with van der Waals surface area (Å²) < 4.78 is 16.3. The highest BCUT2D eigenvalue weighted by molar-refractivity contribution is 5.92. The number of hydrogen-bond acceptors (Lipinski definition) is 15. The topological polar surface area (TPSA) is 271 Å². The lowest BCUT2D eigenvalue weighted by molar-refractivity contribution is -0.260. The Hall–Kier alpha value is -3.35. The first-order valence-corrected chi connectivity index (χ1v) is 12.4. The first kappa shape index (κ1) is 29.2. The molecular weight excluding hydrogens is 552 g/mol. The number of ether oxygens (including phenoxy) is 2. The van der Waals surface area contributed by atoms with Gasteiger partial charge in [-0.2, -0.15) is 0 Å². The van der Waals surface area contributed by atoms with Crippen LogP contribution in [0, 0.1) is 0 Å². The summed E-state index contributed by atoms with van der Waals surface area (Å²) in [5.74, 6) is -4.00. The van der Waals surface area contributed by atoms with E-state index in [0.29, 0.717) is 0 Å². The van der Waals surface area contributed by atoms with Gasteiger partial charge in [-0.15, -0.1) is 0 Å². The van der Waals surface area contributed by atoms with Crippen molar-refractivity contribution in [3.8, 4) is 28.6 Å². The number of aliphatic hydroxyl groups excluding tert-OH is 7. The molecule has 11 N–H and O–H groups in total. The molecule has 0 radical (unpaired) electrons. The van der Waals surface area contributed by atoms with E-state index in [9.17, 15) is 61.0 Å². The quantitative estimate of drug-likeness (QED) is 0.150. The lowest BCUT2D eigenvalue weighted by Crippen LogP contribution is -2.54. The Morgan fingerprint density at radius 1 is 0.829 bits per heavy atom. The van der Waals surface area contributed by atoms with E-state index in [4.69, 9.17) is 13.9 Å². The van der Waals surface area contributed by atoms with Crippen molar-refractivity contribution in [3.63, 3.8) is 0 Å². The zero-order valence-corrected chi connectivity index (χ0v) is 21.0. The van der Waals surface area contributed by atoms with E-state index < -0.39 is 107 Å². The Bertz CT molecular complexity index is 1500. The molecule has 2 aliphatic rings. The molecule has 3 heterocycles. The minimum absolute atomic E-state index is 0.101. The van der Waals surface area contributed by atoms with E-state index in [1.165, 1.54) is 24.3 Å². The van der Waals surface area contributed by atoms with Crippen LogP contribution < -0.4 is 5.43 Å². The van der Waals surface area contributed by atoms with Crippen LogP contribution in [-0.4, -0.2) is 112 Å².